The number of fused-ring (bicyclic) bond motifs is 3. The van der Waals surface area contributed by atoms with Crippen molar-refractivity contribution in [1.82, 2.24) is 0 Å². The van der Waals surface area contributed by atoms with E-state index in [9.17, 15) is 0 Å². The van der Waals surface area contributed by atoms with Gasteiger partial charge in [-0.05, 0) is 32.1 Å². The fourth-order valence-corrected chi connectivity index (χ4v) is 3.02. The van der Waals surface area contributed by atoms with Gasteiger partial charge in [-0.25, -0.2) is 4.99 Å². The van der Waals surface area contributed by atoms with Crippen LogP contribution < -0.4 is 0 Å². The lowest BCUT2D eigenvalue weighted by atomic mass is 9.95. The molecule has 3 aliphatic rings. The van der Waals surface area contributed by atoms with Gasteiger partial charge in [-0.2, -0.15) is 0 Å². The molecule has 0 aromatic heterocycles. The first-order valence-corrected chi connectivity index (χ1v) is 6.96. The van der Waals surface area contributed by atoms with Crippen molar-refractivity contribution in [3.63, 3.8) is 0 Å². The van der Waals surface area contributed by atoms with Crippen LogP contribution in [0.5, 0.6) is 0 Å². The molecule has 1 aromatic rings. The third kappa shape index (κ3) is 1.87. The SMILES string of the molecule is CC1(C)O[C@H]2[C@@H]3N=C(c4ccccc4)O[C@@H]3C=C[C@H]2O1. The summed E-state index contributed by atoms with van der Waals surface area (Å²) in [5.41, 5.74) is 1.00. The molecular weight excluding hydrogens is 254 g/mol. The van der Waals surface area contributed by atoms with Crippen LogP contribution in [0.4, 0.5) is 0 Å². The van der Waals surface area contributed by atoms with E-state index in [4.69, 9.17) is 19.2 Å². The molecule has 1 aliphatic carbocycles. The highest BCUT2D eigenvalue weighted by atomic mass is 16.8. The van der Waals surface area contributed by atoms with Crippen LogP contribution in [0.2, 0.25) is 0 Å². The van der Waals surface area contributed by atoms with Crippen molar-refractivity contribution in [3.8, 4) is 0 Å². The molecule has 104 valence electrons. The molecule has 0 unspecified atom stereocenters. The molecule has 2 aliphatic heterocycles. The van der Waals surface area contributed by atoms with Gasteiger partial charge in [0.1, 0.15) is 24.4 Å². The zero-order valence-electron chi connectivity index (χ0n) is 11.5. The summed E-state index contributed by atoms with van der Waals surface area (Å²) in [6.07, 6.45) is 3.92. The Kier molecular flexibility index (Phi) is 2.53. The van der Waals surface area contributed by atoms with Crippen LogP contribution in [-0.2, 0) is 14.2 Å². The molecule has 1 aromatic carbocycles. The first-order chi connectivity index (χ1) is 9.62. The summed E-state index contributed by atoms with van der Waals surface area (Å²) < 4.78 is 17.8. The predicted molar refractivity (Wildman–Crippen MR) is 74.6 cm³/mol. The molecule has 4 atom stereocenters. The van der Waals surface area contributed by atoms with Gasteiger partial charge >= 0.3 is 0 Å². The topological polar surface area (TPSA) is 40.0 Å². The third-order valence-corrected chi connectivity index (χ3v) is 3.86. The maximum atomic E-state index is 5.99. The van der Waals surface area contributed by atoms with Gasteiger partial charge < -0.3 is 14.2 Å². The van der Waals surface area contributed by atoms with Crippen LogP contribution in [0.3, 0.4) is 0 Å². The minimum absolute atomic E-state index is 0.0259. The van der Waals surface area contributed by atoms with Crippen molar-refractivity contribution in [3.05, 3.63) is 48.0 Å². The summed E-state index contributed by atoms with van der Waals surface area (Å²) in [4.78, 5) is 4.73. The Morgan fingerprint density at radius 2 is 1.75 bits per heavy atom. The molecule has 0 bridgehead atoms. The normalized spacial score (nSPS) is 37.0. The third-order valence-electron chi connectivity index (χ3n) is 3.86. The Balaban J connectivity index is 1.65. The lowest BCUT2D eigenvalue weighted by Gasteiger charge is -2.26. The molecule has 4 heteroatoms. The lowest BCUT2D eigenvalue weighted by molar-refractivity contribution is -0.144. The van der Waals surface area contributed by atoms with Crippen LogP contribution in [-0.4, -0.2) is 36.0 Å². The van der Waals surface area contributed by atoms with Crippen molar-refractivity contribution in [2.24, 2.45) is 4.99 Å². The molecule has 0 amide bonds. The number of ether oxygens (including phenoxy) is 3. The Labute approximate surface area is 118 Å². The minimum Gasteiger partial charge on any atom is -0.468 e. The molecule has 4 rings (SSSR count). The zero-order chi connectivity index (χ0) is 13.7. The Bertz CT molecular complexity index is 579. The fourth-order valence-electron chi connectivity index (χ4n) is 3.02. The van der Waals surface area contributed by atoms with E-state index in [2.05, 4.69) is 0 Å². The van der Waals surface area contributed by atoms with Crippen LogP contribution >= 0.6 is 0 Å². The van der Waals surface area contributed by atoms with E-state index >= 15 is 0 Å². The van der Waals surface area contributed by atoms with E-state index in [1.807, 2.05) is 56.3 Å². The average Bonchev–Trinajstić information content (AvgIpc) is 2.98. The van der Waals surface area contributed by atoms with Crippen molar-refractivity contribution < 1.29 is 14.2 Å². The second kappa shape index (κ2) is 4.17. The molecule has 0 radical (unpaired) electrons. The lowest BCUT2D eigenvalue weighted by Crippen LogP contribution is -2.42. The Hall–Kier alpha value is -1.65. The van der Waals surface area contributed by atoms with Crippen LogP contribution in [0.1, 0.15) is 19.4 Å². The minimum atomic E-state index is -0.556. The second-order valence-electron chi connectivity index (χ2n) is 5.82. The zero-order valence-corrected chi connectivity index (χ0v) is 11.5. The summed E-state index contributed by atoms with van der Waals surface area (Å²) >= 11 is 0. The van der Waals surface area contributed by atoms with Crippen LogP contribution in [0.25, 0.3) is 0 Å². The van der Waals surface area contributed by atoms with Crippen LogP contribution in [0.15, 0.2) is 47.5 Å². The first-order valence-electron chi connectivity index (χ1n) is 6.96. The smallest absolute Gasteiger partial charge is 0.217 e. The molecule has 1 saturated heterocycles. The highest BCUT2D eigenvalue weighted by Gasteiger charge is 2.51. The quantitative estimate of drug-likeness (QED) is 0.736. The molecule has 0 spiro atoms. The molecule has 0 N–H and O–H groups in total. The number of nitrogens with zero attached hydrogens (tertiary/aromatic N) is 1. The van der Waals surface area contributed by atoms with Crippen molar-refractivity contribution >= 4 is 5.90 Å². The van der Waals surface area contributed by atoms with Gasteiger partial charge in [-0.15, -0.1) is 0 Å². The number of benzene rings is 1. The Morgan fingerprint density at radius 3 is 2.55 bits per heavy atom. The summed E-state index contributed by atoms with van der Waals surface area (Å²) in [5.74, 6) is 0.138. The van der Waals surface area contributed by atoms with E-state index in [-0.39, 0.29) is 24.4 Å². The predicted octanol–water partition coefficient (Wildman–Crippen LogP) is 2.29. The Morgan fingerprint density at radius 1 is 1.00 bits per heavy atom. The summed E-state index contributed by atoms with van der Waals surface area (Å²) in [6.45, 7) is 3.87. The van der Waals surface area contributed by atoms with Gasteiger partial charge in [0.05, 0.1) is 0 Å². The van der Waals surface area contributed by atoms with E-state index < -0.39 is 5.79 Å². The molecule has 20 heavy (non-hydrogen) atoms. The van der Waals surface area contributed by atoms with Gasteiger partial charge in [0.15, 0.2) is 5.79 Å². The molecule has 0 saturated carbocycles. The van der Waals surface area contributed by atoms with Gasteiger partial charge in [-0.3, -0.25) is 0 Å². The molecule has 2 heterocycles. The van der Waals surface area contributed by atoms with E-state index in [0.29, 0.717) is 5.90 Å². The number of hydrogen-bond donors (Lipinski definition) is 0. The van der Waals surface area contributed by atoms with Gasteiger partial charge in [0.25, 0.3) is 0 Å². The molecule has 1 fully saturated rings. The molecule has 4 nitrogen and oxygen atoms in total. The monoisotopic (exact) mass is 271 g/mol. The largest absolute Gasteiger partial charge is 0.468 e. The van der Waals surface area contributed by atoms with Gasteiger partial charge in [0, 0.05) is 5.56 Å². The van der Waals surface area contributed by atoms with Gasteiger partial charge in [0.2, 0.25) is 5.90 Å². The van der Waals surface area contributed by atoms with E-state index in [1.54, 1.807) is 0 Å². The summed E-state index contributed by atoms with van der Waals surface area (Å²) in [5, 5.41) is 0. The summed E-state index contributed by atoms with van der Waals surface area (Å²) in [6, 6.07) is 9.95. The number of hydrogen-bond acceptors (Lipinski definition) is 4. The van der Waals surface area contributed by atoms with E-state index in [0.717, 1.165) is 5.56 Å². The number of rotatable bonds is 1. The van der Waals surface area contributed by atoms with Crippen molar-refractivity contribution in [1.29, 1.82) is 0 Å². The van der Waals surface area contributed by atoms with Crippen LogP contribution in [0, 0.1) is 0 Å². The van der Waals surface area contributed by atoms with Crippen molar-refractivity contribution in [2.75, 3.05) is 0 Å². The number of aliphatic imine (C=N–C) groups is 1. The standard InChI is InChI=1S/C16H17NO3/c1-16(2)19-12-9-8-11-13(14(12)20-16)17-15(18-11)10-6-4-3-5-7-10/h3-9,11-14H,1-2H3/t11-,12-,13-,14-/m1/s1. The first kappa shape index (κ1) is 12.1. The van der Waals surface area contributed by atoms with Crippen molar-refractivity contribution in [2.45, 2.75) is 44.0 Å². The average molecular weight is 271 g/mol. The fraction of sp³-hybridized carbons (Fsp3) is 0.438. The highest BCUT2D eigenvalue weighted by Crippen LogP contribution is 2.38. The maximum absolute atomic E-state index is 5.99. The summed E-state index contributed by atoms with van der Waals surface area (Å²) in [7, 11) is 0. The van der Waals surface area contributed by atoms with E-state index in [1.165, 1.54) is 0 Å². The molecular formula is C16H17NO3. The highest BCUT2D eigenvalue weighted by molar-refractivity contribution is 5.95. The second-order valence-corrected chi connectivity index (χ2v) is 5.82. The maximum Gasteiger partial charge on any atom is 0.217 e. The van der Waals surface area contributed by atoms with Gasteiger partial charge in [-0.1, -0.05) is 24.3 Å².